The Balaban J connectivity index is 1.31. The minimum Gasteiger partial charge on any atom is -0.477 e. The summed E-state index contributed by atoms with van der Waals surface area (Å²) in [4.78, 5) is 60.6. The number of anilines is 1. The molecule has 1 aliphatic heterocycles. The van der Waals surface area contributed by atoms with Crippen LogP contribution in [0.25, 0.3) is 10.9 Å². The van der Waals surface area contributed by atoms with Gasteiger partial charge in [-0.05, 0) is 31.9 Å². The highest BCUT2D eigenvalue weighted by Gasteiger charge is 2.30. The maximum absolute atomic E-state index is 15.2. The van der Waals surface area contributed by atoms with Crippen molar-refractivity contribution >= 4 is 34.4 Å². The molecule has 1 saturated heterocycles. The molecule has 1 aliphatic carbocycles. The summed E-state index contributed by atoms with van der Waals surface area (Å²) in [6.45, 7) is 2.92. The zero-order valence-corrected chi connectivity index (χ0v) is 20.1. The highest BCUT2D eigenvalue weighted by molar-refractivity contribution is 5.96. The van der Waals surface area contributed by atoms with Crippen LogP contribution in [0, 0.1) is 5.82 Å². The van der Waals surface area contributed by atoms with Crippen LogP contribution in [0.3, 0.4) is 0 Å². The third kappa shape index (κ3) is 4.74. The summed E-state index contributed by atoms with van der Waals surface area (Å²) in [6, 6.07) is 2.00. The van der Waals surface area contributed by atoms with Crippen LogP contribution in [0.1, 0.15) is 46.7 Å². The summed E-state index contributed by atoms with van der Waals surface area (Å²) in [7, 11) is 0. The van der Waals surface area contributed by atoms with E-state index in [-0.39, 0.29) is 28.6 Å². The molecule has 37 heavy (non-hydrogen) atoms. The Labute approximate surface area is 210 Å². The molecule has 2 amide bonds. The van der Waals surface area contributed by atoms with Crippen molar-refractivity contribution in [3.05, 3.63) is 64.2 Å². The number of carbonyl (C=O) groups is 3. The van der Waals surface area contributed by atoms with Gasteiger partial charge in [-0.3, -0.25) is 19.4 Å². The van der Waals surface area contributed by atoms with Crippen molar-refractivity contribution in [3.8, 4) is 0 Å². The number of nitrogens with one attached hydrogen (secondary N) is 1. The van der Waals surface area contributed by atoms with Gasteiger partial charge in [0.1, 0.15) is 23.1 Å². The first-order chi connectivity index (χ1) is 17.7. The number of aromatic carboxylic acids is 1. The minimum absolute atomic E-state index is 0.0366. The number of hydrogen-bond acceptors (Lipinski definition) is 7. The van der Waals surface area contributed by atoms with Crippen molar-refractivity contribution in [1.82, 2.24) is 24.8 Å². The summed E-state index contributed by atoms with van der Waals surface area (Å²) in [5.74, 6) is -2.73. The van der Waals surface area contributed by atoms with Crippen LogP contribution in [0.4, 0.5) is 10.1 Å². The van der Waals surface area contributed by atoms with E-state index in [0.29, 0.717) is 37.4 Å². The number of halogens is 1. The summed E-state index contributed by atoms with van der Waals surface area (Å²) >= 11 is 0. The maximum atomic E-state index is 15.2. The molecule has 3 heterocycles. The van der Waals surface area contributed by atoms with Gasteiger partial charge in [-0.25, -0.2) is 14.2 Å². The lowest BCUT2D eigenvalue weighted by Gasteiger charge is -2.37. The lowest BCUT2D eigenvalue weighted by molar-refractivity contribution is -0.133. The van der Waals surface area contributed by atoms with Gasteiger partial charge in [0.15, 0.2) is 0 Å². The predicted molar refractivity (Wildman–Crippen MR) is 131 cm³/mol. The highest BCUT2D eigenvalue weighted by Crippen LogP contribution is 2.38. The van der Waals surface area contributed by atoms with Crippen LogP contribution >= 0.6 is 0 Å². The van der Waals surface area contributed by atoms with Crippen LogP contribution in [-0.4, -0.2) is 74.5 Å². The molecule has 2 aromatic heterocycles. The van der Waals surface area contributed by atoms with E-state index in [0.717, 1.165) is 18.9 Å². The second-order valence-electron chi connectivity index (χ2n) is 9.23. The summed E-state index contributed by atoms with van der Waals surface area (Å²) < 4.78 is 16.9. The van der Waals surface area contributed by atoms with Crippen molar-refractivity contribution in [1.29, 1.82) is 0 Å². The molecule has 1 saturated carbocycles. The Bertz CT molecular complexity index is 1450. The Hall–Kier alpha value is -4.35. The number of carboxylic acid groups (broad SMARTS) is 1. The van der Waals surface area contributed by atoms with Crippen LogP contribution in [0.2, 0.25) is 0 Å². The van der Waals surface area contributed by atoms with E-state index in [4.69, 9.17) is 0 Å². The van der Waals surface area contributed by atoms with Crippen molar-refractivity contribution in [2.24, 2.45) is 0 Å². The number of carbonyl (C=O) groups excluding carboxylic acids is 2. The quantitative estimate of drug-likeness (QED) is 0.510. The van der Waals surface area contributed by atoms with Gasteiger partial charge in [-0.1, -0.05) is 0 Å². The normalized spacial score (nSPS) is 16.5. The molecule has 0 unspecified atom stereocenters. The maximum Gasteiger partial charge on any atom is 0.341 e. The van der Waals surface area contributed by atoms with E-state index in [9.17, 15) is 24.3 Å². The Morgan fingerprint density at radius 1 is 1.14 bits per heavy atom. The molecule has 0 bridgehead atoms. The van der Waals surface area contributed by atoms with Crippen molar-refractivity contribution in [3.63, 3.8) is 0 Å². The van der Waals surface area contributed by atoms with Crippen LogP contribution in [-0.2, 0) is 4.79 Å². The third-order valence-corrected chi connectivity index (χ3v) is 6.72. The van der Waals surface area contributed by atoms with Gasteiger partial charge >= 0.3 is 5.97 Å². The number of nitrogens with zero attached hydrogens (tertiary/aromatic N) is 5. The Morgan fingerprint density at radius 3 is 2.49 bits per heavy atom. The highest BCUT2D eigenvalue weighted by atomic mass is 19.1. The number of benzene rings is 1. The molecular formula is C25H25FN6O5. The molecule has 2 N–H and O–H groups in total. The van der Waals surface area contributed by atoms with Gasteiger partial charge in [0.05, 0.1) is 17.4 Å². The second-order valence-corrected chi connectivity index (χ2v) is 9.23. The monoisotopic (exact) mass is 508 g/mol. The lowest BCUT2D eigenvalue weighted by atomic mass is 10.1. The molecule has 2 fully saturated rings. The number of piperazine rings is 1. The van der Waals surface area contributed by atoms with Crippen LogP contribution in [0.5, 0.6) is 0 Å². The number of hydrogen-bond donors (Lipinski definition) is 2. The van der Waals surface area contributed by atoms with E-state index in [2.05, 4.69) is 15.3 Å². The minimum atomic E-state index is -1.34. The van der Waals surface area contributed by atoms with Gasteiger partial charge in [-0.15, -0.1) is 0 Å². The molecule has 192 valence electrons. The predicted octanol–water partition coefficient (Wildman–Crippen LogP) is 1.43. The molecule has 0 spiro atoms. The topological polar surface area (TPSA) is 138 Å². The van der Waals surface area contributed by atoms with Gasteiger partial charge < -0.3 is 24.8 Å². The fourth-order valence-corrected chi connectivity index (χ4v) is 4.60. The largest absolute Gasteiger partial charge is 0.477 e. The fraction of sp³-hybridized carbons (Fsp3) is 0.360. The van der Waals surface area contributed by atoms with Crippen molar-refractivity contribution in [2.45, 2.75) is 31.8 Å². The first kappa shape index (κ1) is 24.3. The summed E-state index contributed by atoms with van der Waals surface area (Å²) in [5.41, 5.74) is -0.191. The number of pyridine rings is 1. The molecule has 12 heteroatoms. The third-order valence-electron chi connectivity index (χ3n) is 6.72. The van der Waals surface area contributed by atoms with Crippen LogP contribution < -0.4 is 15.6 Å². The molecule has 5 rings (SSSR count). The Morgan fingerprint density at radius 2 is 1.86 bits per heavy atom. The molecular weight excluding hydrogens is 483 g/mol. The Kier molecular flexibility index (Phi) is 6.32. The zero-order valence-electron chi connectivity index (χ0n) is 20.1. The summed E-state index contributed by atoms with van der Waals surface area (Å²) in [5, 5.41) is 12.1. The van der Waals surface area contributed by atoms with Crippen molar-refractivity contribution < 1.29 is 23.9 Å². The number of rotatable bonds is 6. The van der Waals surface area contributed by atoms with Gasteiger partial charge in [0.25, 0.3) is 5.91 Å². The molecule has 2 aliphatic rings. The first-order valence-corrected chi connectivity index (χ1v) is 12.0. The molecule has 0 radical (unpaired) electrons. The van der Waals surface area contributed by atoms with Crippen LogP contribution in [0.15, 0.2) is 41.7 Å². The van der Waals surface area contributed by atoms with Gasteiger partial charge in [-0.2, -0.15) is 0 Å². The zero-order chi connectivity index (χ0) is 26.3. The average Bonchev–Trinajstić information content (AvgIpc) is 3.74. The van der Waals surface area contributed by atoms with E-state index in [1.165, 1.54) is 24.8 Å². The van der Waals surface area contributed by atoms with Gasteiger partial charge in [0.2, 0.25) is 11.3 Å². The van der Waals surface area contributed by atoms with E-state index in [1.54, 1.807) is 27.4 Å². The standard InChI is InChI=1S/C25H25FN6O5/c1-14(29-23(34)19-12-27-4-5-28-19)24(35)31-8-6-30(7-9-31)21-11-20-16(10-18(21)26)22(33)17(25(36)37)13-32(20)15-2-3-15/h4-5,10-15H,2-3,6-9H2,1H3,(H,29,34)(H,36,37)/t14-/m0/s1. The average molecular weight is 509 g/mol. The molecule has 1 aromatic carbocycles. The smallest absolute Gasteiger partial charge is 0.341 e. The number of carboxylic acids is 1. The number of aromatic nitrogens is 3. The molecule has 11 nitrogen and oxygen atoms in total. The number of amides is 2. The fourth-order valence-electron chi connectivity index (χ4n) is 4.60. The van der Waals surface area contributed by atoms with E-state index in [1.807, 2.05) is 0 Å². The molecule has 3 aromatic rings. The number of fused-ring (bicyclic) bond motifs is 1. The summed E-state index contributed by atoms with van der Waals surface area (Å²) in [6.07, 6.45) is 7.21. The first-order valence-electron chi connectivity index (χ1n) is 12.0. The lowest BCUT2D eigenvalue weighted by Crippen LogP contribution is -2.54. The second kappa shape index (κ2) is 9.60. The van der Waals surface area contributed by atoms with E-state index < -0.39 is 29.2 Å². The van der Waals surface area contributed by atoms with Gasteiger partial charge in [0, 0.05) is 56.2 Å². The van der Waals surface area contributed by atoms with Crippen molar-refractivity contribution in [2.75, 3.05) is 31.1 Å². The molecule has 1 atom stereocenters. The van der Waals surface area contributed by atoms with E-state index >= 15 is 4.39 Å². The SMILES string of the molecule is C[C@H](NC(=O)c1cnccn1)C(=O)N1CCN(c2cc3c(cc2F)c(=O)c(C(=O)O)cn3C2CC2)CC1.